The predicted octanol–water partition coefficient (Wildman–Crippen LogP) is 3.62. The van der Waals surface area contributed by atoms with E-state index in [9.17, 15) is 22.8 Å². The number of fused-ring (bicyclic) bond motifs is 1. The summed E-state index contributed by atoms with van der Waals surface area (Å²) in [6, 6.07) is 4.47. The predicted molar refractivity (Wildman–Crippen MR) is 88.6 cm³/mol. The minimum atomic E-state index is -5.12. The molecule has 0 spiro atoms. The SMILES string of the molecule is CCOC(=O)N1c2cc(C)ccc2NC(=O)C1(C#CC1CC1)C(F)(F)F. The minimum Gasteiger partial charge on any atom is -0.449 e. The van der Waals surface area contributed by atoms with Gasteiger partial charge in [-0.3, -0.25) is 4.79 Å². The molecule has 1 fully saturated rings. The van der Waals surface area contributed by atoms with Crippen molar-refractivity contribution in [3.05, 3.63) is 23.8 Å². The first-order valence-electron chi connectivity index (χ1n) is 8.19. The zero-order valence-electron chi connectivity index (χ0n) is 14.2. The van der Waals surface area contributed by atoms with Gasteiger partial charge in [0.15, 0.2) is 0 Å². The van der Waals surface area contributed by atoms with Crippen LogP contribution in [0, 0.1) is 24.7 Å². The molecule has 0 radical (unpaired) electrons. The van der Waals surface area contributed by atoms with Crippen LogP contribution in [0.4, 0.5) is 29.3 Å². The molecule has 0 bridgehead atoms. The third kappa shape index (κ3) is 2.87. The molecule has 1 heterocycles. The lowest BCUT2D eigenvalue weighted by Gasteiger charge is -2.43. The van der Waals surface area contributed by atoms with Crippen LogP contribution in [-0.2, 0) is 9.53 Å². The highest BCUT2D eigenvalue weighted by Gasteiger charge is 2.68. The van der Waals surface area contributed by atoms with Gasteiger partial charge in [-0.2, -0.15) is 13.2 Å². The molecule has 1 N–H and O–H groups in total. The number of ether oxygens (including phenoxy) is 1. The van der Waals surface area contributed by atoms with E-state index in [4.69, 9.17) is 4.74 Å². The maximum absolute atomic E-state index is 14.2. The smallest absolute Gasteiger partial charge is 0.433 e. The summed E-state index contributed by atoms with van der Waals surface area (Å²) >= 11 is 0. The van der Waals surface area contributed by atoms with Gasteiger partial charge in [0.2, 0.25) is 0 Å². The Morgan fingerprint density at radius 2 is 2.12 bits per heavy atom. The molecule has 2 amide bonds. The van der Waals surface area contributed by atoms with E-state index < -0.39 is 23.7 Å². The number of hydrogen-bond acceptors (Lipinski definition) is 3. The fourth-order valence-corrected chi connectivity index (χ4v) is 2.72. The minimum absolute atomic E-state index is 0.0922. The lowest BCUT2D eigenvalue weighted by atomic mass is 9.91. The monoisotopic (exact) mass is 366 g/mol. The summed E-state index contributed by atoms with van der Waals surface area (Å²) in [6.07, 6.45) is -5.03. The van der Waals surface area contributed by atoms with E-state index in [2.05, 4.69) is 17.2 Å². The van der Waals surface area contributed by atoms with Gasteiger partial charge in [0.1, 0.15) is 0 Å². The van der Waals surface area contributed by atoms with Crippen LogP contribution >= 0.6 is 0 Å². The van der Waals surface area contributed by atoms with E-state index >= 15 is 0 Å². The molecule has 1 aromatic carbocycles. The number of benzene rings is 1. The maximum atomic E-state index is 14.2. The molecule has 0 aromatic heterocycles. The molecule has 1 aromatic rings. The number of carbonyl (C=O) groups is 2. The van der Waals surface area contributed by atoms with Crippen LogP contribution < -0.4 is 10.2 Å². The van der Waals surface area contributed by atoms with E-state index in [0.29, 0.717) is 23.3 Å². The summed E-state index contributed by atoms with van der Waals surface area (Å²) in [7, 11) is 0. The van der Waals surface area contributed by atoms with Gasteiger partial charge in [-0.1, -0.05) is 17.9 Å². The number of nitrogens with one attached hydrogen (secondary N) is 1. The summed E-state index contributed by atoms with van der Waals surface area (Å²) in [5.41, 5.74) is -2.70. The van der Waals surface area contributed by atoms with Gasteiger partial charge in [-0.25, -0.2) is 9.69 Å². The molecule has 3 rings (SSSR count). The van der Waals surface area contributed by atoms with Crippen LogP contribution in [0.1, 0.15) is 25.3 Å². The second kappa shape index (κ2) is 6.24. The fourth-order valence-electron chi connectivity index (χ4n) is 2.72. The Balaban J connectivity index is 2.27. The number of alkyl halides is 3. The summed E-state index contributed by atoms with van der Waals surface area (Å²) < 4.78 is 47.3. The van der Waals surface area contributed by atoms with E-state index in [1.807, 2.05) is 0 Å². The molecule has 138 valence electrons. The average Bonchev–Trinajstić information content (AvgIpc) is 3.36. The Bertz CT molecular complexity index is 821. The van der Waals surface area contributed by atoms with Crippen LogP contribution in [0.3, 0.4) is 0 Å². The molecule has 0 saturated heterocycles. The van der Waals surface area contributed by atoms with Crippen LogP contribution in [0.15, 0.2) is 18.2 Å². The van der Waals surface area contributed by atoms with Crippen molar-refractivity contribution >= 4 is 23.4 Å². The zero-order valence-corrected chi connectivity index (χ0v) is 14.2. The number of anilines is 2. The molecule has 8 heteroatoms. The van der Waals surface area contributed by atoms with Crippen LogP contribution in [0.5, 0.6) is 0 Å². The highest BCUT2D eigenvalue weighted by atomic mass is 19.4. The van der Waals surface area contributed by atoms with Crippen molar-refractivity contribution < 1.29 is 27.5 Å². The summed E-state index contributed by atoms with van der Waals surface area (Å²) in [5.74, 6) is 2.97. The van der Waals surface area contributed by atoms with Crippen molar-refractivity contribution in [2.45, 2.75) is 38.4 Å². The maximum Gasteiger partial charge on any atom is 0.433 e. The molecule has 5 nitrogen and oxygen atoms in total. The lowest BCUT2D eigenvalue weighted by Crippen LogP contribution is -2.69. The van der Waals surface area contributed by atoms with Gasteiger partial charge in [-0.05, 0) is 44.4 Å². The van der Waals surface area contributed by atoms with E-state index in [0.717, 1.165) is 0 Å². The molecule has 1 aliphatic heterocycles. The Morgan fingerprint density at radius 1 is 1.42 bits per heavy atom. The second-order valence-corrected chi connectivity index (χ2v) is 6.26. The van der Waals surface area contributed by atoms with Gasteiger partial charge in [-0.15, -0.1) is 0 Å². The summed E-state index contributed by atoms with van der Waals surface area (Å²) in [6.45, 7) is 3.01. The van der Waals surface area contributed by atoms with Crippen molar-refractivity contribution in [2.75, 3.05) is 16.8 Å². The number of hydrogen-bond donors (Lipinski definition) is 1. The highest BCUT2D eigenvalue weighted by Crippen LogP contribution is 2.46. The van der Waals surface area contributed by atoms with Gasteiger partial charge < -0.3 is 10.1 Å². The first-order valence-corrected chi connectivity index (χ1v) is 8.19. The molecule has 2 aliphatic rings. The van der Waals surface area contributed by atoms with Gasteiger partial charge in [0.05, 0.1) is 18.0 Å². The highest BCUT2D eigenvalue weighted by molar-refractivity contribution is 6.16. The first kappa shape index (κ1) is 18.1. The number of nitrogens with zero attached hydrogens (tertiary/aromatic N) is 1. The second-order valence-electron chi connectivity index (χ2n) is 6.26. The third-order valence-electron chi connectivity index (χ3n) is 4.20. The van der Waals surface area contributed by atoms with Crippen LogP contribution in [0.2, 0.25) is 0 Å². The molecular formula is C18H17F3N2O3. The van der Waals surface area contributed by atoms with Crippen molar-refractivity contribution in [1.29, 1.82) is 0 Å². The Morgan fingerprint density at radius 3 is 2.69 bits per heavy atom. The molecule has 1 atom stereocenters. The molecule has 1 aliphatic carbocycles. The van der Waals surface area contributed by atoms with Gasteiger partial charge >= 0.3 is 12.3 Å². The van der Waals surface area contributed by atoms with Gasteiger partial charge in [0.25, 0.3) is 11.4 Å². The van der Waals surface area contributed by atoms with E-state index in [-0.39, 0.29) is 23.9 Å². The summed E-state index contributed by atoms with van der Waals surface area (Å²) in [4.78, 5) is 25.4. The Kier molecular flexibility index (Phi) is 4.34. The quantitative estimate of drug-likeness (QED) is 0.773. The van der Waals surface area contributed by atoms with Crippen molar-refractivity contribution in [1.82, 2.24) is 0 Å². The largest absolute Gasteiger partial charge is 0.449 e. The normalized spacial score (nSPS) is 22.0. The number of halogens is 3. The molecule has 26 heavy (non-hydrogen) atoms. The third-order valence-corrected chi connectivity index (χ3v) is 4.20. The fraction of sp³-hybridized carbons (Fsp3) is 0.444. The molecule has 1 unspecified atom stereocenters. The average molecular weight is 366 g/mol. The van der Waals surface area contributed by atoms with Gasteiger partial charge in [0, 0.05) is 5.92 Å². The number of aryl methyl sites for hydroxylation is 1. The zero-order chi connectivity index (χ0) is 19.1. The van der Waals surface area contributed by atoms with Crippen molar-refractivity contribution in [2.24, 2.45) is 5.92 Å². The number of carbonyl (C=O) groups excluding carboxylic acids is 2. The number of rotatable bonds is 1. The van der Waals surface area contributed by atoms with Crippen molar-refractivity contribution in [3.8, 4) is 11.8 Å². The topological polar surface area (TPSA) is 58.6 Å². The first-order chi connectivity index (χ1) is 12.2. The van der Waals surface area contributed by atoms with E-state index in [1.54, 1.807) is 13.0 Å². The molecular weight excluding hydrogens is 349 g/mol. The molecule has 1 saturated carbocycles. The Hall–Kier alpha value is -2.69. The number of amides is 2. The van der Waals surface area contributed by atoms with Crippen LogP contribution in [0.25, 0.3) is 0 Å². The Labute approximate surface area is 148 Å². The van der Waals surface area contributed by atoms with Crippen molar-refractivity contribution in [3.63, 3.8) is 0 Å². The van der Waals surface area contributed by atoms with Crippen LogP contribution in [-0.4, -0.2) is 30.3 Å². The standard InChI is InChI=1S/C18H17F3N2O3/c1-3-26-16(25)23-14-10-11(2)4-7-13(14)22-15(24)17(23,18(19,20)21)9-8-12-5-6-12/h4,7,10,12H,3,5-6H2,1-2H3,(H,22,24). The lowest BCUT2D eigenvalue weighted by molar-refractivity contribution is -0.175. The summed E-state index contributed by atoms with van der Waals surface area (Å²) in [5, 5.41) is 2.24. The van der Waals surface area contributed by atoms with E-state index in [1.165, 1.54) is 19.1 Å².